The number of halogens is 3. The Kier molecular flexibility index (Phi) is 10.7. The van der Waals surface area contributed by atoms with Crippen LogP contribution in [0.5, 0.6) is 0 Å². The van der Waals surface area contributed by atoms with Crippen molar-refractivity contribution >= 4 is 62.3 Å². The minimum Gasteiger partial charge on any atom is -0.350 e. The predicted octanol–water partition coefficient (Wildman–Crippen LogP) is 6.87. The minimum atomic E-state index is -4.21. The summed E-state index contributed by atoms with van der Waals surface area (Å²) in [6, 6.07) is 16.6. The summed E-state index contributed by atoms with van der Waals surface area (Å²) in [4.78, 5) is 28.9. The molecule has 220 valence electrons. The van der Waals surface area contributed by atoms with Gasteiger partial charge in [-0.15, -0.1) is 0 Å². The van der Waals surface area contributed by atoms with Crippen LogP contribution in [0.1, 0.15) is 45.2 Å². The zero-order valence-corrected chi connectivity index (χ0v) is 26.7. The van der Waals surface area contributed by atoms with Crippen molar-refractivity contribution in [3.63, 3.8) is 0 Å². The molecule has 1 N–H and O–H groups in total. The molecule has 0 aliphatic carbocycles. The van der Waals surface area contributed by atoms with Gasteiger partial charge in [-0.3, -0.25) is 13.9 Å². The van der Waals surface area contributed by atoms with E-state index in [0.29, 0.717) is 26.3 Å². The van der Waals surface area contributed by atoms with Crippen molar-refractivity contribution in [1.82, 2.24) is 10.2 Å². The van der Waals surface area contributed by atoms with Crippen molar-refractivity contribution in [2.75, 3.05) is 10.8 Å². The summed E-state index contributed by atoms with van der Waals surface area (Å²) in [7, 11) is -4.21. The standard InChI is InChI=1S/C30H34Cl3N3O4S/c1-6-27(29(38)34-30(3,4)5)35(18-24-25(32)11-8-12-26(24)33)28(37)19-36(22-10-7-9-20(2)17-22)41(39,40)23-15-13-21(31)14-16-23/h7-17,27H,6,18-19H2,1-5H3,(H,34,38). The van der Waals surface area contributed by atoms with Crippen LogP contribution in [0.4, 0.5) is 5.69 Å². The van der Waals surface area contributed by atoms with E-state index in [1.54, 1.807) is 43.3 Å². The van der Waals surface area contributed by atoms with E-state index in [0.717, 1.165) is 9.87 Å². The summed E-state index contributed by atoms with van der Waals surface area (Å²) in [6.45, 7) is 8.46. The molecule has 1 atom stereocenters. The van der Waals surface area contributed by atoms with E-state index < -0.39 is 34.1 Å². The normalized spacial score (nSPS) is 12.5. The number of hydrogen-bond acceptors (Lipinski definition) is 4. The number of amides is 2. The van der Waals surface area contributed by atoms with E-state index in [4.69, 9.17) is 34.8 Å². The van der Waals surface area contributed by atoms with Gasteiger partial charge in [0, 0.05) is 32.7 Å². The van der Waals surface area contributed by atoms with Crippen molar-refractivity contribution in [2.24, 2.45) is 0 Å². The number of hydrogen-bond donors (Lipinski definition) is 1. The lowest BCUT2D eigenvalue weighted by Crippen LogP contribution is -2.55. The van der Waals surface area contributed by atoms with Crippen LogP contribution in [0, 0.1) is 6.92 Å². The first-order valence-electron chi connectivity index (χ1n) is 13.0. The fraction of sp³-hybridized carbons (Fsp3) is 0.333. The third-order valence-electron chi connectivity index (χ3n) is 6.24. The van der Waals surface area contributed by atoms with Crippen molar-refractivity contribution in [2.45, 2.75) is 64.1 Å². The molecule has 0 fully saturated rings. The smallest absolute Gasteiger partial charge is 0.264 e. The van der Waals surface area contributed by atoms with Crippen LogP contribution in [0.15, 0.2) is 71.6 Å². The van der Waals surface area contributed by atoms with Crippen LogP contribution in [-0.4, -0.2) is 43.3 Å². The lowest BCUT2D eigenvalue weighted by atomic mass is 10.1. The highest BCUT2D eigenvalue weighted by atomic mass is 35.5. The topological polar surface area (TPSA) is 86.8 Å². The number of nitrogens with zero attached hydrogens (tertiary/aromatic N) is 2. The lowest BCUT2D eigenvalue weighted by molar-refractivity contribution is -0.141. The second-order valence-corrected chi connectivity index (χ2v) is 13.8. The maximum absolute atomic E-state index is 14.2. The molecule has 3 rings (SSSR count). The first kappa shape index (κ1) is 32.7. The molecule has 0 aliphatic heterocycles. The number of carbonyl (C=O) groups excluding carboxylic acids is 2. The van der Waals surface area contributed by atoms with Crippen LogP contribution in [0.3, 0.4) is 0 Å². The van der Waals surface area contributed by atoms with Gasteiger partial charge in [0.2, 0.25) is 11.8 Å². The highest BCUT2D eigenvalue weighted by molar-refractivity contribution is 7.92. The number of carbonyl (C=O) groups is 2. The highest BCUT2D eigenvalue weighted by Gasteiger charge is 2.35. The van der Waals surface area contributed by atoms with Crippen molar-refractivity contribution < 1.29 is 18.0 Å². The Morgan fingerprint density at radius 2 is 1.51 bits per heavy atom. The third-order valence-corrected chi connectivity index (χ3v) is 8.99. The molecule has 3 aromatic carbocycles. The van der Waals surface area contributed by atoms with E-state index in [9.17, 15) is 18.0 Å². The fourth-order valence-corrected chi connectivity index (χ4v) is 6.32. The van der Waals surface area contributed by atoms with Gasteiger partial charge < -0.3 is 10.2 Å². The predicted molar refractivity (Wildman–Crippen MR) is 166 cm³/mol. The summed E-state index contributed by atoms with van der Waals surface area (Å²) < 4.78 is 28.9. The van der Waals surface area contributed by atoms with E-state index in [2.05, 4.69) is 5.32 Å². The third kappa shape index (κ3) is 8.38. The average molecular weight is 639 g/mol. The molecular formula is C30H34Cl3N3O4S. The van der Waals surface area contributed by atoms with Crippen LogP contribution in [0.2, 0.25) is 15.1 Å². The molecule has 0 saturated carbocycles. The fourth-order valence-electron chi connectivity index (χ4n) is 4.27. The van der Waals surface area contributed by atoms with E-state index in [-0.39, 0.29) is 23.8 Å². The second-order valence-electron chi connectivity index (χ2n) is 10.7. The molecule has 3 aromatic rings. The molecule has 41 heavy (non-hydrogen) atoms. The molecule has 7 nitrogen and oxygen atoms in total. The number of nitrogens with one attached hydrogen (secondary N) is 1. The van der Waals surface area contributed by atoms with Gasteiger partial charge in [-0.1, -0.05) is 59.9 Å². The molecule has 0 aromatic heterocycles. The summed E-state index contributed by atoms with van der Waals surface area (Å²) in [5.41, 5.74) is 0.999. The Hall–Kier alpha value is -2.78. The van der Waals surface area contributed by atoms with Gasteiger partial charge in [-0.05, 0) is 88.2 Å². The monoisotopic (exact) mass is 637 g/mol. The average Bonchev–Trinajstić information content (AvgIpc) is 2.87. The van der Waals surface area contributed by atoms with E-state index in [1.807, 2.05) is 33.8 Å². The molecule has 11 heteroatoms. The van der Waals surface area contributed by atoms with Gasteiger partial charge in [0.15, 0.2) is 0 Å². The molecule has 0 heterocycles. The SMILES string of the molecule is CCC(C(=O)NC(C)(C)C)N(Cc1c(Cl)cccc1Cl)C(=O)CN(c1cccc(C)c1)S(=O)(=O)c1ccc(Cl)cc1. The number of aryl methyl sites for hydroxylation is 1. The first-order chi connectivity index (χ1) is 19.1. The number of benzene rings is 3. The maximum Gasteiger partial charge on any atom is 0.264 e. The first-order valence-corrected chi connectivity index (χ1v) is 15.6. The Balaban J connectivity index is 2.12. The van der Waals surface area contributed by atoms with Gasteiger partial charge in [0.25, 0.3) is 10.0 Å². The van der Waals surface area contributed by atoms with Gasteiger partial charge in [-0.25, -0.2) is 8.42 Å². The van der Waals surface area contributed by atoms with E-state index in [1.165, 1.54) is 29.2 Å². The second kappa shape index (κ2) is 13.5. The van der Waals surface area contributed by atoms with Crippen LogP contribution >= 0.6 is 34.8 Å². The van der Waals surface area contributed by atoms with Gasteiger partial charge in [0.1, 0.15) is 12.6 Å². The van der Waals surface area contributed by atoms with Gasteiger partial charge in [-0.2, -0.15) is 0 Å². The zero-order chi connectivity index (χ0) is 30.5. The molecule has 0 spiro atoms. The summed E-state index contributed by atoms with van der Waals surface area (Å²) in [5, 5.41) is 3.96. The quantitative estimate of drug-likeness (QED) is 0.263. The molecule has 0 saturated heterocycles. The van der Waals surface area contributed by atoms with Crippen molar-refractivity contribution in [3.8, 4) is 0 Å². The maximum atomic E-state index is 14.2. The number of anilines is 1. The Morgan fingerprint density at radius 1 is 0.927 bits per heavy atom. The molecule has 0 aliphatic rings. The van der Waals surface area contributed by atoms with Gasteiger partial charge in [0.05, 0.1) is 10.6 Å². The molecule has 2 amide bonds. The van der Waals surface area contributed by atoms with Crippen LogP contribution in [-0.2, 0) is 26.2 Å². The minimum absolute atomic E-state index is 0.0329. The largest absolute Gasteiger partial charge is 0.350 e. The Labute approximate surface area is 257 Å². The lowest BCUT2D eigenvalue weighted by Gasteiger charge is -2.35. The molecule has 0 bridgehead atoms. The summed E-state index contributed by atoms with van der Waals surface area (Å²) >= 11 is 18.9. The zero-order valence-electron chi connectivity index (χ0n) is 23.6. The Bertz CT molecular complexity index is 1490. The van der Waals surface area contributed by atoms with Gasteiger partial charge >= 0.3 is 0 Å². The van der Waals surface area contributed by atoms with Crippen molar-refractivity contribution in [1.29, 1.82) is 0 Å². The number of rotatable bonds is 10. The highest BCUT2D eigenvalue weighted by Crippen LogP contribution is 2.29. The van der Waals surface area contributed by atoms with Crippen LogP contribution in [0.25, 0.3) is 0 Å². The number of sulfonamides is 1. The molecule has 0 radical (unpaired) electrons. The molecule has 1 unspecified atom stereocenters. The summed E-state index contributed by atoms with van der Waals surface area (Å²) in [5.74, 6) is -0.977. The van der Waals surface area contributed by atoms with Crippen molar-refractivity contribution in [3.05, 3.63) is 92.9 Å². The summed E-state index contributed by atoms with van der Waals surface area (Å²) in [6.07, 6.45) is 0.268. The van der Waals surface area contributed by atoms with Crippen LogP contribution < -0.4 is 9.62 Å². The molecular weight excluding hydrogens is 605 g/mol. The Morgan fingerprint density at radius 3 is 2.05 bits per heavy atom. The van der Waals surface area contributed by atoms with E-state index >= 15 is 0 Å².